The highest BCUT2D eigenvalue weighted by molar-refractivity contribution is 5.93. The number of hydrogen-bond donors (Lipinski definition) is 3. The van der Waals surface area contributed by atoms with E-state index in [1.807, 2.05) is 0 Å². The van der Waals surface area contributed by atoms with E-state index in [0.29, 0.717) is 41.1 Å². The molecule has 0 saturated carbocycles. The van der Waals surface area contributed by atoms with Crippen LogP contribution < -0.4 is 21.5 Å². The topological polar surface area (TPSA) is 83.9 Å². The highest BCUT2D eigenvalue weighted by atomic mass is 19.1. The lowest BCUT2D eigenvalue weighted by Gasteiger charge is -2.16. The summed E-state index contributed by atoms with van der Waals surface area (Å²) in [6, 6.07) is 10.2. The quantitative estimate of drug-likeness (QED) is 0.332. The van der Waals surface area contributed by atoms with Crippen LogP contribution in [0.25, 0.3) is 28.0 Å². The van der Waals surface area contributed by atoms with E-state index in [4.69, 9.17) is 0 Å². The van der Waals surface area contributed by atoms with Gasteiger partial charge in [0.2, 0.25) is 5.95 Å². The van der Waals surface area contributed by atoms with Crippen molar-refractivity contribution in [1.29, 1.82) is 0 Å². The number of hydrogen-bond acceptors (Lipinski definition) is 6. The fraction of sp³-hybridized carbons (Fsp3) is 0.160. The molecule has 0 spiro atoms. The number of fused-ring (bicyclic) bond motifs is 1. The van der Waals surface area contributed by atoms with Gasteiger partial charge in [0.15, 0.2) is 5.65 Å². The average Bonchev–Trinajstić information content (AvgIpc) is 2.82. The average molecular weight is 480 g/mol. The molecule has 2 heterocycles. The Labute approximate surface area is 199 Å². The van der Waals surface area contributed by atoms with E-state index < -0.39 is 28.7 Å². The van der Waals surface area contributed by atoms with Crippen LogP contribution in [0.2, 0.25) is 0 Å². The molecule has 0 unspecified atom stereocenters. The molecule has 2 aromatic heterocycles. The summed E-state index contributed by atoms with van der Waals surface area (Å²) in [5.74, 6) is -1.49. The van der Waals surface area contributed by atoms with Crippen molar-refractivity contribution in [2.24, 2.45) is 0 Å². The zero-order valence-electron chi connectivity index (χ0n) is 19.1. The fourth-order valence-corrected chi connectivity index (χ4v) is 3.69. The maximum absolute atomic E-state index is 14.7. The minimum atomic E-state index is -0.915. The van der Waals surface area contributed by atoms with Crippen LogP contribution in [0.5, 0.6) is 0 Å². The smallest absolute Gasteiger partial charge is 0.256 e. The van der Waals surface area contributed by atoms with Gasteiger partial charge in [0.05, 0.1) is 11.5 Å². The molecule has 0 bridgehead atoms. The molecule has 3 N–H and O–H groups in total. The first kappa shape index (κ1) is 23.8. The third kappa shape index (κ3) is 4.81. The van der Waals surface area contributed by atoms with E-state index in [9.17, 15) is 18.0 Å². The number of para-hydroxylation sites is 1. The van der Waals surface area contributed by atoms with E-state index >= 15 is 0 Å². The first-order valence-corrected chi connectivity index (χ1v) is 10.8. The molecular formula is C25H23F3N6O. The molecule has 10 heteroatoms. The van der Waals surface area contributed by atoms with Crippen molar-refractivity contribution in [2.75, 3.05) is 25.5 Å². The van der Waals surface area contributed by atoms with Gasteiger partial charge in [0, 0.05) is 37.2 Å². The normalized spacial score (nSPS) is 10.9. The first-order valence-electron chi connectivity index (χ1n) is 10.8. The maximum Gasteiger partial charge on any atom is 0.256 e. The van der Waals surface area contributed by atoms with Gasteiger partial charge in [-0.2, -0.15) is 4.98 Å². The van der Waals surface area contributed by atoms with Crippen molar-refractivity contribution in [3.8, 4) is 16.9 Å². The summed E-state index contributed by atoms with van der Waals surface area (Å²) in [7, 11) is 1.73. The summed E-state index contributed by atoms with van der Waals surface area (Å²) in [4.78, 5) is 21.9. The molecule has 4 rings (SSSR count). The molecule has 0 aliphatic carbocycles. The molecule has 0 radical (unpaired) electrons. The van der Waals surface area contributed by atoms with Crippen molar-refractivity contribution in [2.45, 2.75) is 6.92 Å². The van der Waals surface area contributed by atoms with Crippen LogP contribution in [-0.4, -0.2) is 34.7 Å². The van der Waals surface area contributed by atoms with E-state index in [-0.39, 0.29) is 11.6 Å². The molecule has 0 aliphatic rings. The Morgan fingerprint density at radius 2 is 1.77 bits per heavy atom. The van der Waals surface area contributed by atoms with Gasteiger partial charge in [-0.15, -0.1) is 0 Å². The molecule has 7 nitrogen and oxygen atoms in total. The number of halogens is 3. The number of pyridine rings is 1. The monoisotopic (exact) mass is 480 g/mol. The van der Waals surface area contributed by atoms with Crippen molar-refractivity contribution < 1.29 is 13.2 Å². The number of benzene rings is 2. The number of anilines is 1. The standard InChI is InChI=1S/C25H23F3N6O/c1-14-13-16(26)7-8-17(14)22-18-9-10-21(35)34(23-19(27)5-4-6-20(23)28)24(18)33-25(32-22)31-12-11-30-15(2)29-3/h4-10,13,29-30H,2,11-12H2,1,3H3,(H,31,32,33). The van der Waals surface area contributed by atoms with Gasteiger partial charge >= 0.3 is 0 Å². The van der Waals surface area contributed by atoms with Crippen molar-refractivity contribution in [1.82, 2.24) is 25.2 Å². The third-order valence-electron chi connectivity index (χ3n) is 5.40. The second-order valence-corrected chi connectivity index (χ2v) is 7.75. The lowest BCUT2D eigenvalue weighted by Crippen LogP contribution is -2.27. The van der Waals surface area contributed by atoms with Crippen LogP contribution in [0.15, 0.2) is 65.7 Å². The minimum Gasteiger partial charge on any atom is -0.375 e. The van der Waals surface area contributed by atoms with Crippen LogP contribution in [0.4, 0.5) is 19.1 Å². The van der Waals surface area contributed by atoms with Crippen molar-refractivity contribution in [3.63, 3.8) is 0 Å². The summed E-state index contributed by atoms with van der Waals surface area (Å²) in [5.41, 5.74) is 0.361. The Morgan fingerprint density at radius 1 is 1.03 bits per heavy atom. The SMILES string of the molecule is C=C(NC)NCCNc1nc(-c2ccc(F)cc2C)c2ccc(=O)n(-c3c(F)cccc3F)c2n1. The number of aromatic nitrogens is 3. The molecule has 0 amide bonds. The number of rotatable bonds is 8. The van der Waals surface area contributed by atoms with E-state index in [2.05, 4.69) is 32.5 Å². The van der Waals surface area contributed by atoms with Crippen molar-refractivity contribution >= 4 is 17.0 Å². The molecule has 0 aliphatic heterocycles. The summed E-state index contributed by atoms with van der Waals surface area (Å²) in [6.07, 6.45) is 0. The second kappa shape index (κ2) is 9.88. The Bertz CT molecular complexity index is 1460. The number of nitrogens with one attached hydrogen (secondary N) is 3. The third-order valence-corrected chi connectivity index (χ3v) is 5.40. The molecule has 0 saturated heterocycles. The van der Waals surface area contributed by atoms with Crippen molar-refractivity contribution in [3.05, 3.63) is 94.3 Å². The Hall–Kier alpha value is -4.34. The molecule has 2 aromatic carbocycles. The predicted octanol–water partition coefficient (Wildman–Crippen LogP) is 3.87. The van der Waals surface area contributed by atoms with Gasteiger partial charge in [-0.25, -0.2) is 18.2 Å². The molecular weight excluding hydrogens is 457 g/mol. The summed E-state index contributed by atoms with van der Waals surface area (Å²) >= 11 is 0. The zero-order valence-corrected chi connectivity index (χ0v) is 19.1. The van der Waals surface area contributed by atoms with E-state index in [1.54, 1.807) is 20.0 Å². The first-order chi connectivity index (χ1) is 16.8. The van der Waals surface area contributed by atoms with Gasteiger partial charge in [-0.05, 0) is 48.9 Å². The summed E-state index contributed by atoms with van der Waals surface area (Å²) in [6.45, 7) is 6.34. The lowest BCUT2D eigenvalue weighted by molar-refractivity contribution is 0.568. The van der Waals surface area contributed by atoms with Crippen LogP contribution >= 0.6 is 0 Å². The predicted molar refractivity (Wildman–Crippen MR) is 130 cm³/mol. The maximum atomic E-state index is 14.7. The molecule has 35 heavy (non-hydrogen) atoms. The van der Waals surface area contributed by atoms with Gasteiger partial charge in [-0.3, -0.25) is 9.36 Å². The number of nitrogens with zero attached hydrogens (tertiary/aromatic N) is 3. The van der Waals surface area contributed by atoms with Crippen LogP contribution in [0, 0.1) is 24.4 Å². The highest BCUT2D eigenvalue weighted by Gasteiger charge is 2.20. The second-order valence-electron chi connectivity index (χ2n) is 7.75. The largest absolute Gasteiger partial charge is 0.375 e. The Balaban J connectivity index is 1.94. The highest BCUT2D eigenvalue weighted by Crippen LogP contribution is 2.31. The van der Waals surface area contributed by atoms with Crippen LogP contribution in [-0.2, 0) is 0 Å². The van der Waals surface area contributed by atoms with Gasteiger partial charge < -0.3 is 16.0 Å². The fourth-order valence-electron chi connectivity index (χ4n) is 3.69. The Morgan fingerprint density at radius 3 is 2.46 bits per heavy atom. The zero-order chi connectivity index (χ0) is 25.1. The molecule has 180 valence electrons. The Kier molecular flexibility index (Phi) is 6.72. The number of aryl methyl sites for hydroxylation is 1. The minimum absolute atomic E-state index is 0.00492. The van der Waals surface area contributed by atoms with Crippen LogP contribution in [0.1, 0.15) is 5.56 Å². The van der Waals surface area contributed by atoms with Gasteiger partial charge in [0.25, 0.3) is 5.56 Å². The molecule has 0 fully saturated rings. The molecule has 0 atom stereocenters. The summed E-state index contributed by atoms with van der Waals surface area (Å²) in [5, 5.41) is 9.33. The molecule has 4 aromatic rings. The van der Waals surface area contributed by atoms with Gasteiger partial charge in [-0.1, -0.05) is 12.6 Å². The van der Waals surface area contributed by atoms with E-state index in [1.165, 1.54) is 30.3 Å². The lowest BCUT2D eigenvalue weighted by atomic mass is 10.0. The summed E-state index contributed by atoms with van der Waals surface area (Å²) < 4.78 is 44.1. The van der Waals surface area contributed by atoms with Gasteiger partial charge in [0.1, 0.15) is 23.1 Å². The van der Waals surface area contributed by atoms with Crippen LogP contribution in [0.3, 0.4) is 0 Å². The van der Waals surface area contributed by atoms with E-state index in [0.717, 1.165) is 16.7 Å².